The predicted octanol–water partition coefficient (Wildman–Crippen LogP) is 2.73. The minimum Gasteiger partial charge on any atom is -0.493 e. The van der Waals surface area contributed by atoms with Gasteiger partial charge in [0.15, 0.2) is 0 Å². The number of fused-ring (bicyclic) bond motifs is 1. The van der Waals surface area contributed by atoms with Crippen molar-refractivity contribution in [2.45, 2.75) is 19.4 Å². The molecule has 0 atom stereocenters. The van der Waals surface area contributed by atoms with Crippen LogP contribution in [0.2, 0.25) is 0 Å². The normalized spacial score (nSPS) is 13.0. The number of aromatic nitrogens is 3. The maximum atomic E-state index is 12.7. The van der Waals surface area contributed by atoms with E-state index < -0.39 is 0 Å². The molecule has 0 N–H and O–H groups in total. The maximum Gasteiger partial charge on any atom is 0.254 e. The lowest BCUT2D eigenvalue weighted by Crippen LogP contribution is -2.26. The summed E-state index contributed by atoms with van der Waals surface area (Å²) in [4.78, 5) is 22.6. The summed E-state index contributed by atoms with van der Waals surface area (Å²) in [7, 11) is 1.71. The highest BCUT2D eigenvalue weighted by molar-refractivity contribution is 5.94. The van der Waals surface area contributed by atoms with E-state index in [1.54, 1.807) is 36.5 Å². The Morgan fingerprint density at radius 3 is 3.08 bits per heavy atom. The third kappa shape index (κ3) is 3.28. The van der Waals surface area contributed by atoms with E-state index in [0.717, 1.165) is 36.3 Å². The largest absolute Gasteiger partial charge is 0.493 e. The molecule has 0 fully saturated rings. The fraction of sp³-hybridized carbons (Fsp3) is 0.263. The van der Waals surface area contributed by atoms with Crippen molar-refractivity contribution in [3.05, 3.63) is 59.7 Å². The minimum atomic E-state index is -0.0977. The fourth-order valence-electron chi connectivity index (χ4n) is 2.92. The number of rotatable bonds is 4. The summed E-state index contributed by atoms with van der Waals surface area (Å²) in [6, 6.07) is 9.22. The van der Waals surface area contributed by atoms with Gasteiger partial charge in [0.25, 0.3) is 5.91 Å². The average molecular weight is 350 g/mol. The van der Waals surface area contributed by atoms with Crippen LogP contribution in [0.25, 0.3) is 11.4 Å². The van der Waals surface area contributed by atoms with Crippen LogP contribution in [0.15, 0.2) is 47.2 Å². The minimum absolute atomic E-state index is 0.0977. The number of ether oxygens (including phenoxy) is 1. The second-order valence-corrected chi connectivity index (χ2v) is 6.19. The van der Waals surface area contributed by atoms with Crippen LogP contribution in [0, 0.1) is 0 Å². The number of amides is 1. The summed E-state index contributed by atoms with van der Waals surface area (Å²) in [6.45, 7) is 0.969. The first-order valence-corrected chi connectivity index (χ1v) is 8.45. The Labute approximate surface area is 150 Å². The van der Waals surface area contributed by atoms with Crippen molar-refractivity contribution in [1.82, 2.24) is 20.0 Å². The van der Waals surface area contributed by atoms with Crippen molar-refractivity contribution in [3.63, 3.8) is 0 Å². The van der Waals surface area contributed by atoms with Gasteiger partial charge < -0.3 is 14.2 Å². The first-order chi connectivity index (χ1) is 12.7. The molecular weight excluding hydrogens is 332 g/mol. The van der Waals surface area contributed by atoms with Gasteiger partial charge in [-0.25, -0.2) is 0 Å². The highest BCUT2D eigenvalue weighted by atomic mass is 16.5. The Morgan fingerprint density at radius 1 is 1.31 bits per heavy atom. The molecule has 132 valence electrons. The standard InChI is InChI=1S/C19H18N4O3/c1-23(12-17-21-18(22-26-17)15-4-2-8-20-11-15)19(24)14-6-7-16-13(10-14)5-3-9-25-16/h2,4,6-8,10-11H,3,5,9,12H2,1H3. The molecule has 0 radical (unpaired) electrons. The molecular formula is C19H18N4O3. The molecule has 4 rings (SSSR count). The Morgan fingerprint density at radius 2 is 2.23 bits per heavy atom. The van der Waals surface area contributed by atoms with Crippen molar-refractivity contribution < 1.29 is 14.1 Å². The lowest BCUT2D eigenvalue weighted by Gasteiger charge is -2.19. The molecule has 3 heterocycles. The monoisotopic (exact) mass is 350 g/mol. The summed E-state index contributed by atoms with van der Waals surface area (Å²) in [5, 5.41) is 3.95. The van der Waals surface area contributed by atoms with Gasteiger partial charge in [-0.15, -0.1) is 0 Å². The second-order valence-electron chi connectivity index (χ2n) is 6.19. The van der Waals surface area contributed by atoms with Gasteiger partial charge in [0.05, 0.1) is 13.2 Å². The van der Waals surface area contributed by atoms with Gasteiger partial charge in [-0.3, -0.25) is 9.78 Å². The number of nitrogens with zero attached hydrogens (tertiary/aromatic N) is 4. The van der Waals surface area contributed by atoms with E-state index in [1.807, 2.05) is 18.2 Å². The Bertz CT molecular complexity index is 924. The Hall–Kier alpha value is -3.22. The predicted molar refractivity (Wildman–Crippen MR) is 93.6 cm³/mol. The zero-order valence-electron chi connectivity index (χ0n) is 14.4. The number of carbonyl (C=O) groups excluding carboxylic acids is 1. The molecule has 7 heteroatoms. The molecule has 0 saturated heterocycles. The number of benzene rings is 1. The first-order valence-electron chi connectivity index (χ1n) is 8.45. The van der Waals surface area contributed by atoms with E-state index in [0.29, 0.717) is 17.3 Å². The summed E-state index contributed by atoms with van der Waals surface area (Å²) >= 11 is 0. The highest BCUT2D eigenvalue weighted by Crippen LogP contribution is 2.26. The van der Waals surface area contributed by atoms with E-state index in [-0.39, 0.29) is 12.5 Å². The van der Waals surface area contributed by atoms with Crippen molar-refractivity contribution in [2.75, 3.05) is 13.7 Å². The van der Waals surface area contributed by atoms with Gasteiger partial charge in [-0.2, -0.15) is 4.98 Å². The van der Waals surface area contributed by atoms with Crippen molar-refractivity contribution >= 4 is 5.91 Å². The summed E-state index contributed by atoms with van der Waals surface area (Å²) in [5.74, 6) is 1.61. The molecule has 3 aromatic rings. The van der Waals surface area contributed by atoms with Crippen molar-refractivity contribution in [2.24, 2.45) is 0 Å². The lowest BCUT2D eigenvalue weighted by molar-refractivity contribution is 0.0769. The van der Waals surface area contributed by atoms with Crippen molar-refractivity contribution in [1.29, 1.82) is 0 Å². The number of hydrogen-bond acceptors (Lipinski definition) is 6. The van der Waals surface area contributed by atoms with Crippen LogP contribution in [-0.4, -0.2) is 39.6 Å². The quantitative estimate of drug-likeness (QED) is 0.720. The Balaban J connectivity index is 1.47. The van der Waals surface area contributed by atoms with Gasteiger partial charge in [-0.05, 0) is 48.7 Å². The maximum absolute atomic E-state index is 12.7. The molecule has 7 nitrogen and oxygen atoms in total. The number of carbonyl (C=O) groups is 1. The van der Waals surface area contributed by atoms with Gasteiger partial charge in [0, 0.05) is 30.6 Å². The van der Waals surface area contributed by atoms with E-state index in [9.17, 15) is 4.79 Å². The smallest absolute Gasteiger partial charge is 0.254 e. The average Bonchev–Trinajstić information content (AvgIpc) is 3.16. The molecule has 2 aromatic heterocycles. The van der Waals surface area contributed by atoms with E-state index in [1.165, 1.54) is 0 Å². The highest BCUT2D eigenvalue weighted by Gasteiger charge is 2.19. The number of aryl methyl sites for hydroxylation is 1. The number of hydrogen-bond donors (Lipinski definition) is 0. The van der Waals surface area contributed by atoms with Crippen LogP contribution in [0.5, 0.6) is 5.75 Å². The van der Waals surface area contributed by atoms with Crippen LogP contribution in [0.1, 0.15) is 28.2 Å². The SMILES string of the molecule is CN(Cc1nc(-c2cccnc2)no1)C(=O)c1ccc2c(c1)CCCO2. The summed E-state index contributed by atoms with van der Waals surface area (Å²) < 4.78 is 10.9. The lowest BCUT2D eigenvalue weighted by atomic mass is 10.0. The molecule has 1 amide bonds. The molecule has 1 aliphatic rings. The van der Waals surface area contributed by atoms with Gasteiger partial charge in [0.1, 0.15) is 5.75 Å². The van der Waals surface area contributed by atoms with E-state index in [4.69, 9.17) is 9.26 Å². The van der Waals surface area contributed by atoms with Gasteiger partial charge in [-0.1, -0.05) is 5.16 Å². The third-order valence-corrected chi connectivity index (χ3v) is 4.26. The van der Waals surface area contributed by atoms with Gasteiger partial charge in [0.2, 0.25) is 11.7 Å². The zero-order valence-corrected chi connectivity index (χ0v) is 14.4. The molecule has 0 unspecified atom stereocenters. The molecule has 0 spiro atoms. The topological polar surface area (TPSA) is 81.4 Å². The van der Waals surface area contributed by atoms with Crippen molar-refractivity contribution in [3.8, 4) is 17.1 Å². The summed E-state index contributed by atoms with van der Waals surface area (Å²) in [5.41, 5.74) is 2.47. The van der Waals surface area contributed by atoms with Crippen LogP contribution < -0.4 is 4.74 Å². The molecule has 0 saturated carbocycles. The molecule has 0 bridgehead atoms. The van der Waals surface area contributed by atoms with Crippen LogP contribution >= 0.6 is 0 Å². The Kier molecular flexibility index (Phi) is 4.35. The fourth-order valence-corrected chi connectivity index (χ4v) is 2.92. The van der Waals surface area contributed by atoms with E-state index >= 15 is 0 Å². The van der Waals surface area contributed by atoms with Crippen LogP contribution in [0.3, 0.4) is 0 Å². The number of pyridine rings is 1. The molecule has 0 aliphatic carbocycles. The van der Waals surface area contributed by atoms with Crippen LogP contribution in [-0.2, 0) is 13.0 Å². The van der Waals surface area contributed by atoms with E-state index in [2.05, 4.69) is 15.1 Å². The molecule has 1 aromatic carbocycles. The molecule has 26 heavy (non-hydrogen) atoms. The third-order valence-electron chi connectivity index (χ3n) is 4.26. The van der Waals surface area contributed by atoms with Crippen LogP contribution in [0.4, 0.5) is 0 Å². The zero-order chi connectivity index (χ0) is 17.9. The second kappa shape index (κ2) is 6.95. The molecule has 1 aliphatic heterocycles. The first kappa shape index (κ1) is 16.3. The summed E-state index contributed by atoms with van der Waals surface area (Å²) in [6.07, 6.45) is 5.25. The van der Waals surface area contributed by atoms with Gasteiger partial charge >= 0.3 is 0 Å².